The molecule has 2 aliphatic rings. The van der Waals surface area contributed by atoms with E-state index in [1.54, 1.807) is 18.3 Å². The molecule has 1 aliphatic carbocycles. The lowest BCUT2D eigenvalue weighted by molar-refractivity contribution is 0.724. The predicted molar refractivity (Wildman–Crippen MR) is 121 cm³/mol. The second-order valence-electron chi connectivity index (χ2n) is 8.11. The van der Waals surface area contributed by atoms with Crippen LogP contribution in [0.5, 0.6) is 0 Å². The normalized spacial score (nSPS) is 16.4. The lowest BCUT2D eigenvalue weighted by atomic mass is 10.1. The zero-order valence-electron chi connectivity index (χ0n) is 17.4. The van der Waals surface area contributed by atoms with Gasteiger partial charge >= 0.3 is 0 Å². The Kier molecular flexibility index (Phi) is 5.46. The molecular weight excluding hydrogens is 386 g/mol. The summed E-state index contributed by atoms with van der Waals surface area (Å²) in [7, 11) is 0. The van der Waals surface area contributed by atoms with Crippen LogP contribution in [0.2, 0.25) is 0 Å². The Bertz CT molecular complexity index is 1090. The number of aromatic nitrogens is 3. The topological polar surface area (TPSA) is 89.8 Å². The van der Waals surface area contributed by atoms with Crippen LogP contribution in [0.3, 0.4) is 0 Å². The van der Waals surface area contributed by atoms with Crippen molar-refractivity contribution in [3.8, 4) is 17.3 Å². The molecule has 4 heterocycles. The van der Waals surface area contributed by atoms with Crippen LogP contribution in [-0.2, 0) is 0 Å². The van der Waals surface area contributed by atoms with E-state index in [1.165, 1.54) is 18.4 Å². The third-order valence-electron chi connectivity index (χ3n) is 5.75. The van der Waals surface area contributed by atoms with Crippen molar-refractivity contribution in [3.05, 3.63) is 59.9 Å². The molecule has 1 aliphatic heterocycles. The third kappa shape index (κ3) is 4.65. The highest BCUT2D eigenvalue weighted by atomic mass is 15.2. The molecule has 0 bridgehead atoms. The van der Waals surface area contributed by atoms with Gasteiger partial charge in [0, 0.05) is 37.6 Å². The summed E-state index contributed by atoms with van der Waals surface area (Å²) in [6, 6.07) is 14.0. The number of nitriles is 1. The standard InChI is InChI=1S/C24H25N7/c25-15-17-6-8-27-22(12-17)30-23-14-20(18-2-3-18)13-21(29-23)19-4-5-24(28-16-19)31-10-1-7-26-9-11-31/h4-6,8,12-14,16,18,26H,1-3,7,9-11H2,(H,27,29,30). The van der Waals surface area contributed by atoms with Crippen molar-refractivity contribution in [2.45, 2.75) is 25.2 Å². The van der Waals surface area contributed by atoms with Crippen molar-refractivity contribution in [2.24, 2.45) is 0 Å². The van der Waals surface area contributed by atoms with E-state index in [2.05, 4.69) is 50.9 Å². The third-order valence-corrected chi connectivity index (χ3v) is 5.75. The molecule has 0 atom stereocenters. The molecule has 0 unspecified atom stereocenters. The summed E-state index contributed by atoms with van der Waals surface area (Å²) >= 11 is 0. The zero-order chi connectivity index (χ0) is 21.0. The van der Waals surface area contributed by atoms with E-state index in [1.807, 2.05) is 6.20 Å². The van der Waals surface area contributed by atoms with Crippen LogP contribution in [-0.4, -0.2) is 41.1 Å². The molecule has 31 heavy (non-hydrogen) atoms. The van der Waals surface area contributed by atoms with Gasteiger partial charge in [0.05, 0.1) is 17.3 Å². The Morgan fingerprint density at radius 1 is 1.03 bits per heavy atom. The second kappa shape index (κ2) is 8.70. The molecule has 0 radical (unpaired) electrons. The molecule has 5 rings (SSSR count). The smallest absolute Gasteiger partial charge is 0.132 e. The molecule has 7 nitrogen and oxygen atoms in total. The minimum absolute atomic E-state index is 0.569. The van der Waals surface area contributed by atoms with Crippen LogP contribution in [0.15, 0.2) is 48.8 Å². The zero-order valence-corrected chi connectivity index (χ0v) is 17.4. The van der Waals surface area contributed by atoms with Gasteiger partial charge in [0.1, 0.15) is 17.5 Å². The summed E-state index contributed by atoms with van der Waals surface area (Å²) in [6.07, 6.45) is 7.11. The Hall–Kier alpha value is -3.50. The van der Waals surface area contributed by atoms with Gasteiger partial charge in [-0.1, -0.05) is 0 Å². The number of nitrogens with one attached hydrogen (secondary N) is 2. The predicted octanol–water partition coefficient (Wildman–Crippen LogP) is 3.83. The van der Waals surface area contributed by atoms with E-state index in [0.717, 1.165) is 55.5 Å². The van der Waals surface area contributed by atoms with Crippen LogP contribution in [0, 0.1) is 11.3 Å². The van der Waals surface area contributed by atoms with Crippen molar-refractivity contribution in [1.29, 1.82) is 5.26 Å². The monoisotopic (exact) mass is 411 g/mol. The van der Waals surface area contributed by atoms with Gasteiger partial charge in [0.25, 0.3) is 0 Å². The summed E-state index contributed by atoms with van der Waals surface area (Å²) in [6.45, 7) is 4.06. The van der Waals surface area contributed by atoms with Gasteiger partial charge in [0.2, 0.25) is 0 Å². The first-order chi connectivity index (χ1) is 15.3. The number of hydrogen-bond donors (Lipinski definition) is 2. The minimum atomic E-state index is 0.569. The minimum Gasteiger partial charge on any atom is -0.355 e. The fourth-order valence-electron chi connectivity index (χ4n) is 3.92. The molecule has 3 aromatic rings. The highest BCUT2D eigenvalue weighted by molar-refractivity contribution is 5.66. The van der Waals surface area contributed by atoms with Gasteiger partial charge in [-0.3, -0.25) is 0 Å². The molecular formula is C24H25N7. The fraction of sp³-hybridized carbons (Fsp3) is 0.333. The molecule has 2 fully saturated rings. The summed E-state index contributed by atoms with van der Waals surface area (Å²) in [5.41, 5.74) is 3.76. The van der Waals surface area contributed by atoms with Gasteiger partial charge in [-0.15, -0.1) is 0 Å². The number of pyridine rings is 3. The van der Waals surface area contributed by atoms with Crippen LogP contribution >= 0.6 is 0 Å². The van der Waals surface area contributed by atoms with Crippen molar-refractivity contribution < 1.29 is 0 Å². The quantitative estimate of drug-likeness (QED) is 0.659. The number of anilines is 3. The lowest BCUT2D eigenvalue weighted by Crippen LogP contribution is -2.28. The Labute approximate surface area is 182 Å². The number of hydrogen-bond acceptors (Lipinski definition) is 7. The molecule has 7 heteroatoms. The van der Waals surface area contributed by atoms with Gasteiger partial charge in [0.15, 0.2) is 0 Å². The maximum atomic E-state index is 9.14. The highest BCUT2D eigenvalue weighted by Gasteiger charge is 2.25. The first-order valence-corrected chi connectivity index (χ1v) is 10.9. The van der Waals surface area contributed by atoms with Crippen molar-refractivity contribution in [1.82, 2.24) is 20.3 Å². The number of nitrogens with zero attached hydrogens (tertiary/aromatic N) is 5. The Balaban J connectivity index is 1.42. The molecule has 1 saturated heterocycles. The van der Waals surface area contributed by atoms with Crippen molar-refractivity contribution in [3.63, 3.8) is 0 Å². The highest BCUT2D eigenvalue weighted by Crippen LogP contribution is 2.42. The maximum absolute atomic E-state index is 9.14. The summed E-state index contributed by atoms with van der Waals surface area (Å²) in [5, 5.41) is 15.8. The van der Waals surface area contributed by atoms with Gasteiger partial charge in [-0.25, -0.2) is 15.0 Å². The Morgan fingerprint density at radius 3 is 2.77 bits per heavy atom. The van der Waals surface area contributed by atoms with E-state index in [0.29, 0.717) is 17.3 Å². The van der Waals surface area contributed by atoms with E-state index in [4.69, 9.17) is 15.2 Å². The molecule has 156 valence electrons. The van der Waals surface area contributed by atoms with Crippen LogP contribution in [0.4, 0.5) is 17.5 Å². The van der Waals surface area contributed by atoms with Crippen LogP contribution in [0.25, 0.3) is 11.3 Å². The van der Waals surface area contributed by atoms with E-state index in [-0.39, 0.29) is 0 Å². The van der Waals surface area contributed by atoms with Gasteiger partial charge < -0.3 is 15.5 Å². The molecule has 0 aromatic carbocycles. The SMILES string of the molecule is N#Cc1ccnc(Nc2cc(C3CC3)cc(-c3ccc(N4CCCNCC4)nc3)n2)c1. The van der Waals surface area contributed by atoms with Crippen LogP contribution in [0.1, 0.15) is 36.3 Å². The van der Waals surface area contributed by atoms with Gasteiger partial charge in [-0.2, -0.15) is 5.26 Å². The summed E-state index contributed by atoms with van der Waals surface area (Å²) in [5.74, 6) is 2.97. The average Bonchev–Trinajstić information content (AvgIpc) is 3.67. The van der Waals surface area contributed by atoms with Crippen molar-refractivity contribution >= 4 is 17.5 Å². The number of rotatable bonds is 5. The van der Waals surface area contributed by atoms with Gasteiger partial charge in [-0.05, 0) is 73.7 Å². The first kappa shape index (κ1) is 19.5. The fourth-order valence-corrected chi connectivity index (χ4v) is 3.92. The maximum Gasteiger partial charge on any atom is 0.132 e. The summed E-state index contributed by atoms with van der Waals surface area (Å²) in [4.78, 5) is 16.2. The average molecular weight is 412 g/mol. The van der Waals surface area contributed by atoms with E-state index in [9.17, 15) is 0 Å². The molecule has 3 aromatic heterocycles. The molecule has 0 amide bonds. The van der Waals surface area contributed by atoms with Crippen molar-refractivity contribution in [2.75, 3.05) is 36.4 Å². The second-order valence-corrected chi connectivity index (χ2v) is 8.11. The summed E-state index contributed by atoms with van der Waals surface area (Å²) < 4.78 is 0. The molecule has 0 spiro atoms. The van der Waals surface area contributed by atoms with Crippen LogP contribution < -0.4 is 15.5 Å². The van der Waals surface area contributed by atoms with E-state index < -0.39 is 0 Å². The largest absolute Gasteiger partial charge is 0.355 e. The lowest BCUT2D eigenvalue weighted by Gasteiger charge is -2.21. The first-order valence-electron chi connectivity index (χ1n) is 10.9. The molecule has 2 N–H and O–H groups in total. The Morgan fingerprint density at radius 2 is 1.97 bits per heavy atom. The molecule has 1 saturated carbocycles. The van der Waals surface area contributed by atoms with E-state index >= 15 is 0 Å².